The van der Waals surface area contributed by atoms with E-state index in [9.17, 15) is 18.8 Å². The predicted octanol–water partition coefficient (Wildman–Crippen LogP) is 2.14. The van der Waals surface area contributed by atoms with Crippen LogP contribution < -0.4 is 21.3 Å². The third kappa shape index (κ3) is 3.92. The van der Waals surface area contributed by atoms with E-state index in [0.717, 1.165) is 28.0 Å². The van der Waals surface area contributed by atoms with Gasteiger partial charge in [0, 0.05) is 19.8 Å². The van der Waals surface area contributed by atoms with Crippen molar-refractivity contribution in [2.45, 2.75) is 6.42 Å². The van der Waals surface area contributed by atoms with Crippen LogP contribution >= 0.6 is 0 Å². The van der Waals surface area contributed by atoms with Crippen molar-refractivity contribution in [3.05, 3.63) is 92.5 Å². The highest BCUT2D eigenvalue weighted by Crippen LogP contribution is 2.16. The molecule has 2 N–H and O–H groups in total. The molecule has 9 heteroatoms. The summed E-state index contributed by atoms with van der Waals surface area (Å²) in [5.74, 6) is -0.130. The predicted molar refractivity (Wildman–Crippen MR) is 118 cm³/mol. The Labute approximate surface area is 181 Å². The number of hydrogen-bond donors (Lipinski definition) is 2. The van der Waals surface area contributed by atoms with Crippen molar-refractivity contribution in [1.82, 2.24) is 19.4 Å². The van der Waals surface area contributed by atoms with Crippen LogP contribution in [0.1, 0.15) is 15.9 Å². The molecule has 2 heterocycles. The standard InChI is InChI=1S/C23H21FN4O4/c1-27-13-18(21(29)25-12-11-14-3-9-17(32-2)10-4-14)19-20(27)22(30)28(23(31)26-19)16-7-5-15(24)6-8-16/h3-10,13H,11-12H2,1-2H3,(H,25,29)(H,26,31). The molecule has 32 heavy (non-hydrogen) atoms. The Morgan fingerprint density at radius 2 is 1.78 bits per heavy atom. The van der Waals surface area contributed by atoms with Gasteiger partial charge in [0.05, 0.1) is 23.9 Å². The Morgan fingerprint density at radius 1 is 1.09 bits per heavy atom. The minimum absolute atomic E-state index is 0.155. The van der Waals surface area contributed by atoms with Crippen LogP contribution in [0.25, 0.3) is 16.7 Å². The summed E-state index contributed by atoms with van der Waals surface area (Å²) in [6.45, 7) is 0.373. The number of ether oxygens (including phenoxy) is 1. The lowest BCUT2D eigenvalue weighted by Gasteiger charge is -2.07. The van der Waals surface area contributed by atoms with E-state index in [1.54, 1.807) is 14.2 Å². The SMILES string of the molecule is COc1ccc(CCNC(=O)c2cn(C)c3c(=O)n(-c4ccc(F)cc4)c(=O)[nH]c23)cc1. The average Bonchev–Trinajstić information content (AvgIpc) is 3.11. The zero-order chi connectivity index (χ0) is 22.8. The highest BCUT2D eigenvalue weighted by atomic mass is 19.1. The van der Waals surface area contributed by atoms with E-state index >= 15 is 0 Å². The molecule has 0 bridgehead atoms. The van der Waals surface area contributed by atoms with Crippen molar-refractivity contribution < 1.29 is 13.9 Å². The summed E-state index contributed by atoms with van der Waals surface area (Å²) in [5, 5.41) is 2.82. The van der Waals surface area contributed by atoms with Gasteiger partial charge in [-0.25, -0.2) is 13.8 Å². The Balaban J connectivity index is 1.60. The fourth-order valence-electron chi connectivity index (χ4n) is 3.58. The molecule has 0 unspecified atom stereocenters. The lowest BCUT2D eigenvalue weighted by molar-refractivity contribution is 0.0955. The molecule has 0 atom stereocenters. The first kappa shape index (κ1) is 21.1. The summed E-state index contributed by atoms with van der Waals surface area (Å²) in [4.78, 5) is 41.0. The van der Waals surface area contributed by atoms with Gasteiger partial charge in [-0.1, -0.05) is 12.1 Å². The van der Waals surface area contributed by atoms with Gasteiger partial charge >= 0.3 is 5.69 Å². The monoisotopic (exact) mass is 436 g/mol. The maximum Gasteiger partial charge on any atom is 0.333 e. The van der Waals surface area contributed by atoms with Crippen LogP contribution in [0.15, 0.2) is 64.3 Å². The fourth-order valence-corrected chi connectivity index (χ4v) is 3.58. The molecule has 0 saturated carbocycles. The molecule has 0 aliphatic rings. The minimum Gasteiger partial charge on any atom is -0.497 e. The number of H-pyrrole nitrogens is 1. The van der Waals surface area contributed by atoms with Crippen LogP contribution in [0.2, 0.25) is 0 Å². The van der Waals surface area contributed by atoms with Gasteiger partial charge in [-0.3, -0.25) is 9.59 Å². The zero-order valence-corrected chi connectivity index (χ0v) is 17.5. The first-order chi connectivity index (χ1) is 15.4. The van der Waals surface area contributed by atoms with E-state index in [-0.39, 0.29) is 22.3 Å². The van der Waals surface area contributed by atoms with Crippen LogP contribution in [0, 0.1) is 5.82 Å². The largest absolute Gasteiger partial charge is 0.497 e. The number of carbonyl (C=O) groups excluding carboxylic acids is 1. The molecule has 164 valence electrons. The molecule has 1 amide bonds. The van der Waals surface area contributed by atoms with Gasteiger partial charge in [0.15, 0.2) is 0 Å². The van der Waals surface area contributed by atoms with E-state index in [1.165, 1.54) is 22.9 Å². The van der Waals surface area contributed by atoms with Gasteiger partial charge in [0.25, 0.3) is 11.5 Å². The number of carbonyl (C=O) groups is 1. The van der Waals surface area contributed by atoms with Crippen molar-refractivity contribution in [2.75, 3.05) is 13.7 Å². The summed E-state index contributed by atoms with van der Waals surface area (Å²) in [5.41, 5.74) is 0.448. The number of aryl methyl sites for hydroxylation is 1. The number of amides is 1. The Hall–Kier alpha value is -4.14. The van der Waals surface area contributed by atoms with Crippen LogP contribution in [0.5, 0.6) is 5.75 Å². The maximum absolute atomic E-state index is 13.2. The molecule has 0 spiro atoms. The number of aromatic amines is 1. The maximum atomic E-state index is 13.2. The Kier molecular flexibility index (Phi) is 5.63. The van der Waals surface area contributed by atoms with Gasteiger partial charge in [-0.15, -0.1) is 0 Å². The van der Waals surface area contributed by atoms with Crippen molar-refractivity contribution >= 4 is 16.9 Å². The Morgan fingerprint density at radius 3 is 2.44 bits per heavy atom. The molecule has 2 aromatic carbocycles. The summed E-state index contributed by atoms with van der Waals surface area (Å²) in [7, 11) is 3.21. The van der Waals surface area contributed by atoms with E-state index in [1.807, 2.05) is 24.3 Å². The molecule has 0 fully saturated rings. The van der Waals surface area contributed by atoms with Gasteiger partial charge in [0.2, 0.25) is 0 Å². The van der Waals surface area contributed by atoms with Crippen molar-refractivity contribution in [2.24, 2.45) is 7.05 Å². The van der Waals surface area contributed by atoms with E-state index in [4.69, 9.17) is 4.74 Å². The quantitative estimate of drug-likeness (QED) is 0.484. The summed E-state index contributed by atoms with van der Waals surface area (Å²) < 4.78 is 20.8. The van der Waals surface area contributed by atoms with Crippen molar-refractivity contribution in [3.8, 4) is 11.4 Å². The number of rotatable bonds is 6. The highest BCUT2D eigenvalue weighted by Gasteiger charge is 2.20. The molecule has 8 nitrogen and oxygen atoms in total. The molecule has 4 rings (SSSR count). The first-order valence-corrected chi connectivity index (χ1v) is 9.90. The Bertz CT molecular complexity index is 1400. The van der Waals surface area contributed by atoms with E-state index in [2.05, 4.69) is 10.3 Å². The fraction of sp³-hybridized carbons (Fsp3) is 0.174. The molecule has 0 aliphatic heterocycles. The molecule has 0 saturated heterocycles. The number of hydrogen-bond acceptors (Lipinski definition) is 4. The van der Waals surface area contributed by atoms with Crippen LogP contribution in [-0.4, -0.2) is 33.7 Å². The summed E-state index contributed by atoms with van der Waals surface area (Å²) >= 11 is 0. The van der Waals surface area contributed by atoms with Gasteiger partial charge in [-0.2, -0.15) is 0 Å². The number of methoxy groups -OCH3 is 1. The van der Waals surface area contributed by atoms with Crippen LogP contribution in [0.4, 0.5) is 4.39 Å². The van der Waals surface area contributed by atoms with E-state index < -0.39 is 23.0 Å². The van der Waals surface area contributed by atoms with Crippen LogP contribution in [-0.2, 0) is 13.5 Å². The number of fused-ring (bicyclic) bond motifs is 1. The van der Waals surface area contributed by atoms with Gasteiger partial charge in [-0.05, 0) is 48.4 Å². The molecule has 2 aromatic heterocycles. The lowest BCUT2D eigenvalue weighted by atomic mass is 10.1. The highest BCUT2D eigenvalue weighted by molar-refractivity contribution is 6.05. The van der Waals surface area contributed by atoms with Crippen molar-refractivity contribution in [1.29, 1.82) is 0 Å². The molecule has 4 aromatic rings. The third-order valence-electron chi connectivity index (χ3n) is 5.21. The molecule has 0 aliphatic carbocycles. The van der Waals surface area contributed by atoms with Gasteiger partial charge in [0.1, 0.15) is 17.1 Å². The minimum atomic E-state index is -0.715. The van der Waals surface area contributed by atoms with E-state index in [0.29, 0.717) is 13.0 Å². The summed E-state index contributed by atoms with van der Waals surface area (Å²) in [6, 6.07) is 12.5. The second-order valence-corrected chi connectivity index (χ2v) is 7.28. The number of benzene rings is 2. The average molecular weight is 436 g/mol. The number of halogens is 1. The smallest absolute Gasteiger partial charge is 0.333 e. The van der Waals surface area contributed by atoms with Crippen LogP contribution in [0.3, 0.4) is 0 Å². The first-order valence-electron chi connectivity index (χ1n) is 9.90. The number of nitrogens with one attached hydrogen (secondary N) is 2. The third-order valence-corrected chi connectivity index (χ3v) is 5.21. The van der Waals surface area contributed by atoms with Gasteiger partial charge < -0.3 is 19.6 Å². The normalized spacial score (nSPS) is 11.0. The molecule has 0 radical (unpaired) electrons. The zero-order valence-electron chi connectivity index (χ0n) is 17.5. The number of aromatic nitrogens is 3. The topological polar surface area (TPSA) is 98.1 Å². The second-order valence-electron chi connectivity index (χ2n) is 7.28. The van der Waals surface area contributed by atoms with Crippen molar-refractivity contribution in [3.63, 3.8) is 0 Å². The molecular formula is C23H21FN4O4. The second kappa shape index (κ2) is 8.54. The number of nitrogens with zero attached hydrogens (tertiary/aromatic N) is 2. The summed E-state index contributed by atoms with van der Waals surface area (Å²) in [6.07, 6.45) is 2.11. The molecular weight excluding hydrogens is 415 g/mol. The lowest BCUT2D eigenvalue weighted by Crippen LogP contribution is -2.34.